The van der Waals surface area contributed by atoms with Crippen LogP contribution in [0.15, 0.2) is 16.9 Å². The summed E-state index contributed by atoms with van der Waals surface area (Å²) in [6.07, 6.45) is 3.05. The van der Waals surface area contributed by atoms with Gasteiger partial charge in [-0.3, -0.25) is 4.79 Å². The van der Waals surface area contributed by atoms with Crippen molar-refractivity contribution in [1.82, 2.24) is 20.3 Å². The lowest BCUT2D eigenvalue weighted by Gasteiger charge is -2.12. The summed E-state index contributed by atoms with van der Waals surface area (Å²) in [6, 6.07) is -1.08. The Morgan fingerprint density at radius 2 is 2.25 bits per heavy atom. The minimum absolute atomic E-state index is 0.0263. The number of imidazole rings is 1. The molecular weight excluding hydrogens is 264 g/mol. The molecule has 0 fully saturated rings. The molecular formula is C12H14N4O4. The lowest BCUT2D eigenvalue weighted by atomic mass is 10.1. The van der Waals surface area contributed by atoms with Crippen LogP contribution in [-0.2, 0) is 11.2 Å². The molecule has 2 aromatic rings. The van der Waals surface area contributed by atoms with Crippen molar-refractivity contribution < 1.29 is 19.1 Å². The zero-order chi connectivity index (χ0) is 14.7. The van der Waals surface area contributed by atoms with Crippen LogP contribution < -0.4 is 5.32 Å². The quantitative estimate of drug-likeness (QED) is 0.729. The summed E-state index contributed by atoms with van der Waals surface area (Å²) < 4.78 is 5.16. The molecule has 8 nitrogen and oxygen atoms in total. The monoisotopic (exact) mass is 278 g/mol. The van der Waals surface area contributed by atoms with Gasteiger partial charge in [0.25, 0.3) is 5.91 Å². The van der Waals surface area contributed by atoms with Crippen LogP contribution in [0.1, 0.15) is 27.8 Å². The van der Waals surface area contributed by atoms with E-state index in [1.54, 1.807) is 13.8 Å². The van der Waals surface area contributed by atoms with Crippen LogP contribution in [0.25, 0.3) is 0 Å². The van der Waals surface area contributed by atoms with Crippen molar-refractivity contribution in [2.45, 2.75) is 26.3 Å². The number of hydrogen-bond donors (Lipinski definition) is 3. The second kappa shape index (κ2) is 5.55. The van der Waals surface area contributed by atoms with Gasteiger partial charge in [0, 0.05) is 25.2 Å². The molecule has 20 heavy (non-hydrogen) atoms. The number of oxazole rings is 1. The maximum atomic E-state index is 12.0. The van der Waals surface area contributed by atoms with E-state index in [9.17, 15) is 9.59 Å². The van der Waals surface area contributed by atoms with E-state index in [4.69, 9.17) is 9.52 Å². The molecule has 0 aliphatic heterocycles. The second-order valence-corrected chi connectivity index (χ2v) is 4.29. The van der Waals surface area contributed by atoms with Gasteiger partial charge in [-0.1, -0.05) is 0 Å². The fourth-order valence-electron chi connectivity index (χ4n) is 1.78. The summed E-state index contributed by atoms with van der Waals surface area (Å²) in [7, 11) is 0. The first-order valence-electron chi connectivity index (χ1n) is 5.92. The number of carboxylic acids is 1. The van der Waals surface area contributed by atoms with Gasteiger partial charge in [-0.15, -0.1) is 0 Å². The van der Waals surface area contributed by atoms with E-state index in [0.717, 1.165) is 0 Å². The number of aromatic nitrogens is 3. The number of nitrogens with one attached hydrogen (secondary N) is 2. The van der Waals surface area contributed by atoms with Crippen LogP contribution in [-0.4, -0.2) is 38.0 Å². The van der Waals surface area contributed by atoms with E-state index in [0.29, 0.717) is 17.3 Å². The molecule has 0 bridgehead atoms. The molecule has 106 valence electrons. The maximum Gasteiger partial charge on any atom is 0.326 e. The van der Waals surface area contributed by atoms with Crippen molar-refractivity contribution in [1.29, 1.82) is 0 Å². The molecule has 0 unspecified atom stereocenters. The number of carbonyl (C=O) groups excluding carboxylic acids is 1. The third kappa shape index (κ3) is 3.02. The highest BCUT2D eigenvalue weighted by atomic mass is 16.4. The predicted octanol–water partition coefficient (Wildman–Crippen LogP) is 0.440. The third-order valence-electron chi connectivity index (χ3n) is 2.69. The van der Waals surface area contributed by atoms with E-state index in [1.807, 2.05) is 0 Å². The Hall–Kier alpha value is -2.64. The fraction of sp³-hybridized carbons (Fsp3) is 0.333. The van der Waals surface area contributed by atoms with Crippen LogP contribution in [0.2, 0.25) is 0 Å². The molecule has 0 saturated heterocycles. The number of amides is 1. The number of hydrogen-bond acceptors (Lipinski definition) is 5. The number of aromatic amines is 1. The van der Waals surface area contributed by atoms with Gasteiger partial charge in [0.15, 0.2) is 5.89 Å². The normalized spacial score (nSPS) is 12.1. The molecule has 2 heterocycles. The van der Waals surface area contributed by atoms with Crippen LogP contribution in [0.4, 0.5) is 0 Å². The van der Waals surface area contributed by atoms with Gasteiger partial charge < -0.3 is 19.8 Å². The number of nitrogens with zero attached hydrogens (tertiary/aromatic N) is 2. The molecule has 1 amide bonds. The number of carbonyl (C=O) groups is 2. The lowest BCUT2D eigenvalue weighted by Crippen LogP contribution is -2.42. The molecule has 0 radical (unpaired) electrons. The van der Waals surface area contributed by atoms with Gasteiger partial charge in [0.1, 0.15) is 6.04 Å². The SMILES string of the molecule is Cc1nc(C)c(C(=O)N[C@@H](Cc2cnc[nH]2)C(=O)O)o1. The van der Waals surface area contributed by atoms with Crippen molar-refractivity contribution in [2.75, 3.05) is 0 Å². The van der Waals surface area contributed by atoms with Crippen LogP contribution in [0.3, 0.4) is 0 Å². The van der Waals surface area contributed by atoms with Gasteiger partial charge in [0.2, 0.25) is 5.76 Å². The number of rotatable bonds is 5. The first kappa shape index (κ1) is 13.8. The smallest absolute Gasteiger partial charge is 0.326 e. The Balaban J connectivity index is 2.10. The van der Waals surface area contributed by atoms with Crippen molar-refractivity contribution in [3.63, 3.8) is 0 Å². The summed E-state index contributed by atoms with van der Waals surface area (Å²) in [6.45, 7) is 3.24. The zero-order valence-electron chi connectivity index (χ0n) is 11.0. The van der Waals surface area contributed by atoms with E-state index < -0.39 is 17.9 Å². The zero-order valence-corrected chi connectivity index (χ0v) is 11.0. The summed E-state index contributed by atoms with van der Waals surface area (Å²) in [5.74, 6) is -1.36. The highest BCUT2D eigenvalue weighted by Gasteiger charge is 2.24. The molecule has 0 saturated carbocycles. The van der Waals surface area contributed by atoms with Crippen molar-refractivity contribution in [2.24, 2.45) is 0 Å². The summed E-state index contributed by atoms with van der Waals surface area (Å²) in [5, 5.41) is 11.6. The van der Waals surface area contributed by atoms with E-state index in [1.165, 1.54) is 12.5 Å². The Bertz CT molecular complexity index is 617. The first-order chi connectivity index (χ1) is 9.47. The maximum absolute atomic E-state index is 12.0. The number of aliphatic carboxylic acids is 1. The Kier molecular flexibility index (Phi) is 3.83. The average molecular weight is 278 g/mol. The Morgan fingerprint density at radius 3 is 2.75 bits per heavy atom. The van der Waals surface area contributed by atoms with Crippen molar-refractivity contribution >= 4 is 11.9 Å². The molecule has 3 N–H and O–H groups in total. The fourth-order valence-corrected chi connectivity index (χ4v) is 1.78. The highest BCUT2D eigenvalue weighted by molar-refractivity contribution is 5.95. The minimum Gasteiger partial charge on any atom is -0.480 e. The molecule has 0 aromatic carbocycles. The van der Waals surface area contributed by atoms with E-state index >= 15 is 0 Å². The van der Waals surface area contributed by atoms with Crippen LogP contribution in [0.5, 0.6) is 0 Å². The van der Waals surface area contributed by atoms with Gasteiger partial charge in [-0.25, -0.2) is 14.8 Å². The molecule has 0 aliphatic carbocycles. The van der Waals surface area contributed by atoms with Crippen LogP contribution in [0, 0.1) is 13.8 Å². The molecule has 0 aliphatic rings. The minimum atomic E-state index is -1.14. The van der Waals surface area contributed by atoms with Crippen molar-refractivity contribution in [3.05, 3.63) is 35.6 Å². The first-order valence-corrected chi connectivity index (χ1v) is 5.92. The van der Waals surface area contributed by atoms with Crippen molar-refractivity contribution in [3.8, 4) is 0 Å². The topological polar surface area (TPSA) is 121 Å². The van der Waals surface area contributed by atoms with Gasteiger partial charge >= 0.3 is 5.97 Å². The van der Waals surface area contributed by atoms with Crippen LogP contribution >= 0.6 is 0 Å². The van der Waals surface area contributed by atoms with Gasteiger partial charge in [-0.2, -0.15) is 0 Å². The van der Waals surface area contributed by atoms with Gasteiger partial charge in [-0.05, 0) is 6.92 Å². The molecule has 1 atom stereocenters. The third-order valence-corrected chi connectivity index (χ3v) is 2.69. The number of aryl methyl sites for hydroxylation is 2. The van der Waals surface area contributed by atoms with Gasteiger partial charge in [0.05, 0.1) is 12.0 Å². The Morgan fingerprint density at radius 1 is 1.50 bits per heavy atom. The Labute approximate surface area is 114 Å². The molecule has 2 rings (SSSR count). The molecule has 2 aromatic heterocycles. The lowest BCUT2D eigenvalue weighted by molar-refractivity contribution is -0.139. The predicted molar refractivity (Wildman–Crippen MR) is 67.2 cm³/mol. The second-order valence-electron chi connectivity index (χ2n) is 4.29. The number of H-pyrrole nitrogens is 1. The largest absolute Gasteiger partial charge is 0.480 e. The van der Waals surface area contributed by atoms with E-state index in [2.05, 4.69) is 20.3 Å². The standard InChI is InChI=1S/C12H14N4O4/c1-6-10(20-7(2)15-6)11(17)16-9(12(18)19)3-8-4-13-5-14-8/h4-5,9H,3H2,1-2H3,(H,13,14)(H,16,17)(H,18,19)/t9-/m0/s1. The molecule has 8 heteroatoms. The average Bonchev–Trinajstić information content (AvgIpc) is 2.97. The summed E-state index contributed by atoms with van der Waals surface area (Å²) >= 11 is 0. The summed E-state index contributed by atoms with van der Waals surface area (Å²) in [5.41, 5.74) is 1.04. The summed E-state index contributed by atoms with van der Waals surface area (Å²) in [4.78, 5) is 33.7. The van der Waals surface area contributed by atoms with E-state index in [-0.39, 0.29) is 12.2 Å². The molecule has 0 spiro atoms. The number of carboxylic acid groups (broad SMARTS) is 1. The highest BCUT2D eigenvalue weighted by Crippen LogP contribution is 2.10.